The Morgan fingerprint density at radius 3 is 1.80 bits per heavy atom. The molecule has 25 heavy (non-hydrogen) atoms. The first-order valence-electron chi connectivity index (χ1n) is 7.65. The molecular weight excluding hydrogens is 429 g/mol. The SMILES string of the molecule is Cc1c(I)cccc1C(=O)N(c1ccc(O)cc1)c1ccc(O)cc1. The quantitative estimate of drug-likeness (QED) is 0.559. The molecule has 0 aliphatic carbocycles. The minimum atomic E-state index is -0.174. The maximum atomic E-state index is 13.3. The fraction of sp³-hybridized carbons (Fsp3) is 0.0500. The number of carbonyl (C=O) groups excluding carboxylic acids is 1. The number of anilines is 2. The zero-order valence-electron chi connectivity index (χ0n) is 13.5. The Labute approximate surface area is 159 Å². The van der Waals surface area contributed by atoms with E-state index in [0.29, 0.717) is 16.9 Å². The summed E-state index contributed by atoms with van der Waals surface area (Å²) in [5, 5.41) is 19.1. The van der Waals surface area contributed by atoms with Gasteiger partial charge in [0.15, 0.2) is 0 Å². The second kappa shape index (κ2) is 7.14. The number of hydrogen-bond acceptors (Lipinski definition) is 3. The van der Waals surface area contributed by atoms with E-state index in [-0.39, 0.29) is 17.4 Å². The van der Waals surface area contributed by atoms with Gasteiger partial charge in [-0.2, -0.15) is 0 Å². The number of halogens is 1. The minimum absolute atomic E-state index is 0.132. The molecule has 0 atom stereocenters. The van der Waals surface area contributed by atoms with Gasteiger partial charge in [-0.15, -0.1) is 0 Å². The number of rotatable bonds is 3. The van der Waals surface area contributed by atoms with Gasteiger partial charge >= 0.3 is 0 Å². The van der Waals surface area contributed by atoms with Gasteiger partial charge in [0.25, 0.3) is 5.91 Å². The van der Waals surface area contributed by atoms with Crippen LogP contribution in [0.3, 0.4) is 0 Å². The molecule has 0 aliphatic rings. The van der Waals surface area contributed by atoms with Crippen LogP contribution in [-0.4, -0.2) is 16.1 Å². The van der Waals surface area contributed by atoms with Crippen molar-refractivity contribution in [1.29, 1.82) is 0 Å². The van der Waals surface area contributed by atoms with E-state index in [1.54, 1.807) is 35.2 Å². The Hall–Kier alpha value is -2.54. The number of carbonyl (C=O) groups is 1. The standard InChI is InChI=1S/C20H16INO3/c1-13-18(3-2-4-19(13)21)20(25)22(14-5-9-16(23)10-6-14)15-7-11-17(24)12-8-15/h2-12,23-24H,1H3. The molecule has 0 unspecified atom stereocenters. The van der Waals surface area contributed by atoms with Crippen LogP contribution in [0.5, 0.6) is 11.5 Å². The number of phenols is 2. The van der Waals surface area contributed by atoms with Gasteiger partial charge < -0.3 is 10.2 Å². The number of hydrogen-bond donors (Lipinski definition) is 2. The van der Waals surface area contributed by atoms with E-state index in [1.165, 1.54) is 24.3 Å². The molecule has 0 bridgehead atoms. The first-order chi connectivity index (χ1) is 12.0. The monoisotopic (exact) mass is 445 g/mol. The highest BCUT2D eigenvalue weighted by Crippen LogP contribution is 2.31. The third kappa shape index (κ3) is 3.61. The van der Waals surface area contributed by atoms with Crippen molar-refractivity contribution >= 4 is 39.9 Å². The summed E-state index contributed by atoms with van der Waals surface area (Å²) in [7, 11) is 0. The van der Waals surface area contributed by atoms with Gasteiger partial charge in [0.05, 0.1) is 0 Å². The molecule has 0 saturated heterocycles. The molecular formula is C20H16INO3. The van der Waals surface area contributed by atoms with Crippen molar-refractivity contribution in [2.45, 2.75) is 6.92 Å². The van der Waals surface area contributed by atoms with Crippen molar-refractivity contribution in [3.05, 3.63) is 81.4 Å². The normalized spacial score (nSPS) is 10.5. The van der Waals surface area contributed by atoms with E-state index in [9.17, 15) is 15.0 Å². The molecule has 0 spiro atoms. The van der Waals surface area contributed by atoms with Gasteiger partial charge in [-0.3, -0.25) is 9.69 Å². The predicted molar refractivity (Wildman–Crippen MR) is 107 cm³/mol. The average molecular weight is 445 g/mol. The van der Waals surface area contributed by atoms with E-state index in [1.807, 2.05) is 19.1 Å². The molecule has 126 valence electrons. The van der Waals surface area contributed by atoms with Crippen molar-refractivity contribution in [3.8, 4) is 11.5 Å². The summed E-state index contributed by atoms with van der Waals surface area (Å²) in [6.45, 7) is 1.92. The summed E-state index contributed by atoms with van der Waals surface area (Å²) in [4.78, 5) is 14.9. The molecule has 2 N–H and O–H groups in total. The second-order valence-electron chi connectivity index (χ2n) is 5.59. The number of aromatic hydroxyl groups is 2. The lowest BCUT2D eigenvalue weighted by Crippen LogP contribution is -2.26. The third-order valence-electron chi connectivity index (χ3n) is 3.92. The Kier molecular flexibility index (Phi) is 4.94. The number of amides is 1. The molecule has 0 fully saturated rings. The summed E-state index contributed by atoms with van der Waals surface area (Å²) < 4.78 is 1.01. The van der Waals surface area contributed by atoms with Crippen LogP contribution < -0.4 is 4.90 Å². The Morgan fingerprint density at radius 2 is 1.32 bits per heavy atom. The molecule has 0 aliphatic heterocycles. The van der Waals surface area contributed by atoms with Gasteiger partial charge in [0.1, 0.15) is 11.5 Å². The Morgan fingerprint density at radius 1 is 0.840 bits per heavy atom. The van der Waals surface area contributed by atoms with Crippen LogP contribution in [-0.2, 0) is 0 Å². The van der Waals surface area contributed by atoms with Crippen molar-refractivity contribution in [3.63, 3.8) is 0 Å². The maximum absolute atomic E-state index is 13.3. The fourth-order valence-corrected chi connectivity index (χ4v) is 3.04. The van der Waals surface area contributed by atoms with E-state index in [4.69, 9.17) is 0 Å². The molecule has 3 aromatic rings. The van der Waals surface area contributed by atoms with Crippen LogP contribution in [0.25, 0.3) is 0 Å². The highest BCUT2D eigenvalue weighted by molar-refractivity contribution is 14.1. The summed E-state index contributed by atoms with van der Waals surface area (Å²) in [5.74, 6) is 0.0898. The van der Waals surface area contributed by atoms with Crippen molar-refractivity contribution in [2.24, 2.45) is 0 Å². The Bertz CT molecular complexity index is 860. The summed E-state index contributed by atoms with van der Waals surface area (Å²) >= 11 is 2.21. The van der Waals surface area contributed by atoms with Crippen molar-refractivity contribution in [2.75, 3.05) is 4.90 Å². The molecule has 4 nitrogen and oxygen atoms in total. The molecule has 5 heteroatoms. The summed E-state index contributed by atoms with van der Waals surface area (Å²) in [6, 6.07) is 18.5. The molecule has 0 radical (unpaired) electrons. The van der Waals surface area contributed by atoms with Crippen LogP contribution in [0.4, 0.5) is 11.4 Å². The molecule has 0 heterocycles. The summed E-state index contributed by atoms with van der Waals surface area (Å²) in [6.07, 6.45) is 0. The van der Waals surface area contributed by atoms with Crippen LogP contribution in [0.1, 0.15) is 15.9 Å². The first kappa shape index (κ1) is 17.3. The topological polar surface area (TPSA) is 60.8 Å². The van der Waals surface area contributed by atoms with E-state index in [2.05, 4.69) is 22.6 Å². The van der Waals surface area contributed by atoms with Gasteiger partial charge in [-0.25, -0.2) is 0 Å². The molecule has 1 amide bonds. The lowest BCUT2D eigenvalue weighted by Gasteiger charge is -2.24. The van der Waals surface area contributed by atoms with Gasteiger partial charge in [-0.05, 0) is 95.7 Å². The van der Waals surface area contributed by atoms with Crippen LogP contribution in [0.15, 0.2) is 66.7 Å². The minimum Gasteiger partial charge on any atom is -0.508 e. The molecule has 3 aromatic carbocycles. The highest BCUT2D eigenvalue weighted by atomic mass is 127. The van der Waals surface area contributed by atoms with Gasteiger partial charge in [0.2, 0.25) is 0 Å². The van der Waals surface area contributed by atoms with Crippen molar-refractivity contribution in [1.82, 2.24) is 0 Å². The van der Waals surface area contributed by atoms with Gasteiger partial charge in [0, 0.05) is 20.5 Å². The molecule has 0 saturated carbocycles. The Balaban J connectivity index is 2.13. The van der Waals surface area contributed by atoms with Crippen LogP contribution >= 0.6 is 22.6 Å². The summed E-state index contributed by atoms with van der Waals surface area (Å²) in [5.41, 5.74) is 2.78. The molecule has 3 rings (SSSR count). The zero-order chi connectivity index (χ0) is 18.0. The smallest absolute Gasteiger partial charge is 0.263 e. The number of nitrogens with zero attached hydrogens (tertiary/aromatic N) is 1. The fourth-order valence-electron chi connectivity index (χ4n) is 2.55. The van der Waals surface area contributed by atoms with Crippen molar-refractivity contribution < 1.29 is 15.0 Å². The lowest BCUT2D eigenvalue weighted by molar-refractivity contribution is 0.0998. The maximum Gasteiger partial charge on any atom is 0.263 e. The lowest BCUT2D eigenvalue weighted by atomic mass is 10.1. The molecule has 0 aromatic heterocycles. The third-order valence-corrected chi connectivity index (χ3v) is 5.09. The second-order valence-corrected chi connectivity index (χ2v) is 6.75. The average Bonchev–Trinajstić information content (AvgIpc) is 2.61. The van der Waals surface area contributed by atoms with E-state index < -0.39 is 0 Å². The first-order valence-corrected chi connectivity index (χ1v) is 8.73. The number of benzene rings is 3. The largest absolute Gasteiger partial charge is 0.508 e. The van der Waals surface area contributed by atoms with Crippen LogP contribution in [0.2, 0.25) is 0 Å². The number of phenolic OH excluding ortho intramolecular Hbond substituents is 2. The predicted octanol–water partition coefficient (Wildman–Crippen LogP) is 4.99. The van der Waals surface area contributed by atoms with E-state index >= 15 is 0 Å². The van der Waals surface area contributed by atoms with E-state index in [0.717, 1.165) is 9.13 Å². The zero-order valence-corrected chi connectivity index (χ0v) is 15.6. The van der Waals surface area contributed by atoms with Gasteiger partial charge in [-0.1, -0.05) is 6.07 Å². The highest BCUT2D eigenvalue weighted by Gasteiger charge is 2.22. The van der Waals surface area contributed by atoms with Crippen LogP contribution in [0, 0.1) is 10.5 Å².